The predicted molar refractivity (Wildman–Crippen MR) is 80.9 cm³/mol. The molecular formula is C16H22ClNO2. The Morgan fingerprint density at radius 3 is 2.80 bits per heavy atom. The molecule has 4 heteroatoms. The van der Waals surface area contributed by atoms with Crippen molar-refractivity contribution in [1.29, 1.82) is 0 Å². The Morgan fingerprint density at radius 2 is 2.10 bits per heavy atom. The van der Waals surface area contributed by atoms with Crippen molar-refractivity contribution in [3.63, 3.8) is 0 Å². The van der Waals surface area contributed by atoms with Gasteiger partial charge in [0.05, 0.1) is 5.92 Å². The summed E-state index contributed by atoms with van der Waals surface area (Å²) in [4.78, 5) is 13.7. The zero-order chi connectivity index (χ0) is 14.5. The summed E-state index contributed by atoms with van der Waals surface area (Å²) in [5, 5.41) is 10.2. The first-order valence-corrected chi connectivity index (χ1v) is 7.63. The second-order valence-electron chi connectivity index (χ2n) is 5.70. The number of carboxylic acids is 1. The van der Waals surface area contributed by atoms with Crippen molar-refractivity contribution in [1.82, 2.24) is 4.90 Å². The van der Waals surface area contributed by atoms with Gasteiger partial charge >= 0.3 is 5.97 Å². The molecule has 0 heterocycles. The summed E-state index contributed by atoms with van der Waals surface area (Å²) in [5.41, 5.74) is 1.13. The van der Waals surface area contributed by atoms with Gasteiger partial charge in [0.2, 0.25) is 0 Å². The molecule has 2 atom stereocenters. The van der Waals surface area contributed by atoms with Gasteiger partial charge in [-0.15, -0.1) is 0 Å². The SMILES string of the molecule is CN(Cc1cccc(Cl)c1)C1CCCCCC1C(=O)O. The number of nitrogens with zero attached hydrogens (tertiary/aromatic N) is 1. The number of aliphatic carboxylic acids is 1. The van der Waals surface area contributed by atoms with Crippen LogP contribution in [0.15, 0.2) is 24.3 Å². The first-order chi connectivity index (χ1) is 9.58. The zero-order valence-electron chi connectivity index (χ0n) is 11.9. The number of hydrogen-bond acceptors (Lipinski definition) is 2. The van der Waals surface area contributed by atoms with E-state index in [0.29, 0.717) is 0 Å². The molecule has 3 nitrogen and oxygen atoms in total. The van der Waals surface area contributed by atoms with E-state index < -0.39 is 5.97 Å². The molecule has 1 aliphatic rings. The lowest BCUT2D eigenvalue weighted by molar-refractivity contribution is -0.144. The van der Waals surface area contributed by atoms with Crippen LogP contribution in [0.2, 0.25) is 5.02 Å². The van der Waals surface area contributed by atoms with E-state index in [9.17, 15) is 9.90 Å². The number of carbonyl (C=O) groups is 1. The largest absolute Gasteiger partial charge is 0.481 e. The van der Waals surface area contributed by atoms with Crippen molar-refractivity contribution >= 4 is 17.6 Å². The fourth-order valence-electron chi connectivity index (χ4n) is 3.14. The molecule has 1 aliphatic carbocycles. The first-order valence-electron chi connectivity index (χ1n) is 7.25. The molecule has 0 aromatic heterocycles. The Bertz CT molecular complexity index is 464. The summed E-state index contributed by atoms with van der Waals surface area (Å²) in [6, 6.07) is 7.90. The summed E-state index contributed by atoms with van der Waals surface area (Å²) in [6.45, 7) is 0.745. The zero-order valence-corrected chi connectivity index (χ0v) is 12.6. The Kier molecular flexibility index (Phi) is 5.44. The quantitative estimate of drug-likeness (QED) is 0.859. The summed E-state index contributed by atoms with van der Waals surface area (Å²) in [5.74, 6) is -0.906. The van der Waals surface area contributed by atoms with Gasteiger partial charge in [0.15, 0.2) is 0 Å². The van der Waals surface area contributed by atoms with Gasteiger partial charge in [-0.3, -0.25) is 9.69 Å². The molecule has 0 spiro atoms. The smallest absolute Gasteiger partial charge is 0.308 e. The lowest BCUT2D eigenvalue weighted by Gasteiger charge is -2.31. The summed E-state index contributed by atoms with van der Waals surface area (Å²) < 4.78 is 0. The number of carboxylic acid groups (broad SMARTS) is 1. The van der Waals surface area contributed by atoms with Crippen LogP contribution in [0.1, 0.15) is 37.7 Å². The van der Waals surface area contributed by atoms with E-state index >= 15 is 0 Å². The fourth-order valence-corrected chi connectivity index (χ4v) is 3.36. The molecule has 0 amide bonds. The van der Waals surface area contributed by atoms with Gasteiger partial charge in [-0.05, 0) is 37.6 Å². The van der Waals surface area contributed by atoms with Crippen molar-refractivity contribution < 1.29 is 9.90 Å². The van der Waals surface area contributed by atoms with E-state index in [1.807, 2.05) is 31.3 Å². The van der Waals surface area contributed by atoms with E-state index in [4.69, 9.17) is 11.6 Å². The highest BCUT2D eigenvalue weighted by Crippen LogP contribution is 2.28. The van der Waals surface area contributed by atoms with Crippen molar-refractivity contribution in [2.24, 2.45) is 5.92 Å². The van der Waals surface area contributed by atoms with E-state index in [1.54, 1.807) is 0 Å². The van der Waals surface area contributed by atoms with Crippen LogP contribution in [0.25, 0.3) is 0 Å². The number of hydrogen-bond donors (Lipinski definition) is 1. The Morgan fingerprint density at radius 1 is 1.35 bits per heavy atom. The average Bonchev–Trinajstić information content (AvgIpc) is 2.64. The molecule has 0 bridgehead atoms. The van der Waals surface area contributed by atoms with E-state index in [0.717, 1.165) is 49.2 Å². The topological polar surface area (TPSA) is 40.5 Å². The van der Waals surface area contributed by atoms with Crippen molar-refractivity contribution in [2.75, 3.05) is 7.05 Å². The molecule has 2 rings (SSSR count). The molecule has 0 aliphatic heterocycles. The molecule has 20 heavy (non-hydrogen) atoms. The van der Waals surface area contributed by atoms with Crippen LogP contribution in [0.3, 0.4) is 0 Å². The molecule has 1 fully saturated rings. The second kappa shape index (κ2) is 7.09. The number of benzene rings is 1. The number of rotatable bonds is 4. The normalized spacial score (nSPS) is 23.6. The van der Waals surface area contributed by atoms with Crippen LogP contribution in [-0.2, 0) is 11.3 Å². The molecule has 110 valence electrons. The second-order valence-corrected chi connectivity index (χ2v) is 6.13. The van der Waals surface area contributed by atoms with Crippen molar-refractivity contribution in [3.05, 3.63) is 34.9 Å². The van der Waals surface area contributed by atoms with Crippen LogP contribution >= 0.6 is 11.6 Å². The van der Waals surface area contributed by atoms with Gasteiger partial charge in [0, 0.05) is 17.6 Å². The van der Waals surface area contributed by atoms with E-state index in [1.165, 1.54) is 0 Å². The van der Waals surface area contributed by atoms with Gasteiger partial charge in [0.1, 0.15) is 0 Å². The molecule has 0 radical (unpaired) electrons. The van der Waals surface area contributed by atoms with Gasteiger partial charge in [-0.1, -0.05) is 43.0 Å². The highest BCUT2D eigenvalue weighted by molar-refractivity contribution is 6.30. The van der Waals surface area contributed by atoms with E-state index in [-0.39, 0.29) is 12.0 Å². The van der Waals surface area contributed by atoms with Crippen LogP contribution in [-0.4, -0.2) is 29.1 Å². The van der Waals surface area contributed by atoms with E-state index in [2.05, 4.69) is 4.90 Å². The average molecular weight is 296 g/mol. The third-order valence-electron chi connectivity index (χ3n) is 4.18. The number of halogens is 1. The monoisotopic (exact) mass is 295 g/mol. The molecule has 1 N–H and O–H groups in total. The Balaban J connectivity index is 2.08. The lowest BCUT2D eigenvalue weighted by Crippen LogP contribution is -2.40. The summed E-state index contributed by atoms with van der Waals surface area (Å²) in [6.07, 6.45) is 5.05. The molecule has 1 aromatic rings. The highest BCUT2D eigenvalue weighted by Gasteiger charge is 2.32. The van der Waals surface area contributed by atoms with Crippen LogP contribution in [0, 0.1) is 5.92 Å². The molecular weight excluding hydrogens is 274 g/mol. The van der Waals surface area contributed by atoms with Crippen molar-refractivity contribution in [3.8, 4) is 0 Å². The third kappa shape index (κ3) is 3.97. The van der Waals surface area contributed by atoms with Crippen LogP contribution in [0.5, 0.6) is 0 Å². The molecule has 1 aromatic carbocycles. The molecule has 1 saturated carbocycles. The molecule has 0 saturated heterocycles. The standard InChI is InChI=1S/C16H22ClNO2/c1-18(11-12-6-5-7-13(17)10-12)15-9-4-2-3-8-14(15)16(19)20/h5-7,10,14-15H,2-4,8-9,11H2,1H3,(H,19,20). The first kappa shape index (κ1) is 15.3. The lowest BCUT2D eigenvalue weighted by atomic mass is 9.93. The van der Waals surface area contributed by atoms with Crippen molar-refractivity contribution in [2.45, 2.75) is 44.7 Å². The van der Waals surface area contributed by atoms with Gasteiger partial charge < -0.3 is 5.11 Å². The maximum absolute atomic E-state index is 11.5. The fraction of sp³-hybridized carbons (Fsp3) is 0.562. The molecule has 2 unspecified atom stereocenters. The van der Waals surface area contributed by atoms with Gasteiger partial charge in [-0.25, -0.2) is 0 Å². The van der Waals surface area contributed by atoms with Crippen LogP contribution in [0.4, 0.5) is 0 Å². The maximum Gasteiger partial charge on any atom is 0.308 e. The van der Waals surface area contributed by atoms with Gasteiger partial charge in [-0.2, -0.15) is 0 Å². The minimum atomic E-state index is -0.658. The van der Waals surface area contributed by atoms with Crippen LogP contribution < -0.4 is 0 Å². The Hall–Kier alpha value is -1.06. The summed E-state index contributed by atoms with van der Waals surface area (Å²) in [7, 11) is 2.02. The highest BCUT2D eigenvalue weighted by atomic mass is 35.5. The maximum atomic E-state index is 11.5. The van der Waals surface area contributed by atoms with Gasteiger partial charge in [0.25, 0.3) is 0 Å². The minimum absolute atomic E-state index is 0.119. The third-order valence-corrected chi connectivity index (χ3v) is 4.42. The minimum Gasteiger partial charge on any atom is -0.481 e. The Labute approximate surface area is 125 Å². The summed E-state index contributed by atoms with van der Waals surface area (Å²) >= 11 is 6.01. The predicted octanol–water partition coefficient (Wildman–Crippen LogP) is 3.81.